The normalized spacial score (nSPS) is 14.0. The number of alkyl carbamates (subject to hydrolysis) is 1. The minimum Gasteiger partial charge on any atom is -0.480 e. The molecule has 9 nitrogen and oxygen atoms in total. The molecule has 184 valence electrons. The summed E-state index contributed by atoms with van der Waals surface area (Å²) in [5.41, 5.74) is -0.590. The smallest absolute Gasteiger partial charge is 0.408 e. The van der Waals surface area contributed by atoms with E-state index >= 15 is 0 Å². The Labute approximate surface area is 195 Å². The average Bonchev–Trinajstić information content (AvgIpc) is 2.74. The second kappa shape index (κ2) is 12.8. The summed E-state index contributed by atoms with van der Waals surface area (Å²) < 4.78 is 5.22. The van der Waals surface area contributed by atoms with E-state index in [9.17, 15) is 24.3 Å². The van der Waals surface area contributed by atoms with E-state index in [1.807, 2.05) is 51.1 Å². The van der Waals surface area contributed by atoms with Crippen molar-refractivity contribution in [3.63, 3.8) is 0 Å². The number of rotatable bonds is 12. The van der Waals surface area contributed by atoms with Crippen molar-refractivity contribution >= 4 is 23.9 Å². The molecule has 1 rings (SSSR count). The molecule has 1 aromatic rings. The molecule has 0 aliphatic heterocycles. The van der Waals surface area contributed by atoms with Crippen molar-refractivity contribution in [2.24, 2.45) is 11.8 Å². The Balaban J connectivity index is 2.81. The van der Waals surface area contributed by atoms with Crippen molar-refractivity contribution in [2.75, 3.05) is 0 Å². The number of hydrogen-bond donors (Lipinski definition) is 4. The van der Waals surface area contributed by atoms with Crippen LogP contribution in [0, 0.1) is 11.8 Å². The van der Waals surface area contributed by atoms with Crippen molar-refractivity contribution in [3.8, 4) is 0 Å². The van der Waals surface area contributed by atoms with Crippen LogP contribution in [0.25, 0.3) is 0 Å². The lowest BCUT2D eigenvalue weighted by molar-refractivity contribution is -0.143. The second-order valence-corrected chi connectivity index (χ2v) is 9.18. The predicted molar refractivity (Wildman–Crippen MR) is 124 cm³/mol. The third-order valence-electron chi connectivity index (χ3n) is 5.30. The molecule has 0 bridgehead atoms. The largest absolute Gasteiger partial charge is 0.480 e. The van der Waals surface area contributed by atoms with Gasteiger partial charge in [0, 0.05) is 0 Å². The molecule has 0 saturated heterocycles. The van der Waals surface area contributed by atoms with E-state index in [-0.39, 0.29) is 24.9 Å². The molecule has 3 amide bonds. The number of aliphatic carboxylic acids is 1. The van der Waals surface area contributed by atoms with Crippen LogP contribution in [-0.4, -0.2) is 46.6 Å². The van der Waals surface area contributed by atoms with Crippen molar-refractivity contribution in [1.82, 2.24) is 16.0 Å². The highest BCUT2D eigenvalue weighted by molar-refractivity contribution is 5.95. The van der Waals surface area contributed by atoms with Crippen LogP contribution >= 0.6 is 0 Å². The number of carboxylic acid groups (broad SMARTS) is 1. The molecular formula is C24H37N3O6. The standard InChI is InChI=1S/C24H37N3O6/c1-7-16(4)19(26-23(32)33-14-17-11-9-8-10-12-17)20(28)27-24(5,6)22(31)25-18(21(29)30)13-15(2)3/h8-12,15-16,18-19H,7,13-14H2,1-6H3,(H,25,31)(H,26,32)(H,27,28)(H,29,30)/t16-,18-,19-/m0/s1. The van der Waals surface area contributed by atoms with Gasteiger partial charge in [0.2, 0.25) is 11.8 Å². The number of amides is 3. The van der Waals surface area contributed by atoms with Gasteiger partial charge in [-0.1, -0.05) is 64.4 Å². The first kappa shape index (κ1) is 27.9. The minimum absolute atomic E-state index is 0.0574. The van der Waals surface area contributed by atoms with Gasteiger partial charge in [0.05, 0.1) is 0 Å². The van der Waals surface area contributed by atoms with E-state index in [1.54, 1.807) is 6.92 Å². The zero-order valence-corrected chi connectivity index (χ0v) is 20.3. The molecule has 0 unspecified atom stereocenters. The second-order valence-electron chi connectivity index (χ2n) is 9.18. The van der Waals surface area contributed by atoms with E-state index in [1.165, 1.54) is 13.8 Å². The van der Waals surface area contributed by atoms with Gasteiger partial charge in [-0.3, -0.25) is 9.59 Å². The first-order valence-electron chi connectivity index (χ1n) is 11.2. The third-order valence-corrected chi connectivity index (χ3v) is 5.30. The monoisotopic (exact) mass is 463 g/mol. The Kier molecular flexibility index (Phi) is 10.8. The Hall–Kier alpha value is -3.10. The SMILES string of the molecule is CC[C@H](C)[C@H](NC(=O)OCc1ccccc1)C(=O)NC(C)(C)C(=O)N[C@@H](CC(C)C)C(=O)O. The van der Waals surface area contributed by atoms with Crippen LogP contribution in [0.15, 0.2) is 30.3 Å². The summed E-state index contributed by atoms with van der Waals surface area (Å²) in [7, 11) is 0. The van der Waals surface area contributed by atoms with Gasteiger partial charge in [-0.15, -0.1) is 0 Å². The topological polar surface area (TPSA) is 134 Å². The summed E-state index contributed by atoms with van der Waals surface area (Å²) in [6.45, 7) is 10.4. The van der Waals surface area contributed by atoms with E-state index in [4.69, 9.17) is 4.74 Å². The minimum atomic E-state index is -1.40. The van der Waals surface area contributed by atoms with Gasteiger partial charge in [-0.05, 0) is 37.7 Å². The molecule has 0 radical (unpaired) electrons. The molecule has 4 N–H and O–H groups in total. The van der Waals surface area contributed by atoms with Crippen LogP contribution in [0.5, 0.6) is 0 Å². The highest BCUT2D eigenvalue weighted by atomic mass is 16.5. The van der Waals surface area contributed by atoms with Crippen molar-refractivity contribution in [1.29, 1.82) is 0 Å². The summed E-state index contributed by atoms with van der Waals surface area (Å²) in [5, 5.41) is 17.1. The quantitative estimate of drug-likeness (QED) is 0.377. The van der Waals surface area contributed by atoms with Crippen molar-refractivity contribution < 1.29 is 29.0 Å². The fraction of sp³-hybridized carbons (Fsp3) is 0.583. The lowest BCUT2D eigenvalue weighted by atomic mass is 9.95. The van der Waals surface area contributed by atoms with Crippen LogP contribution in [0.4, 0.5) is 4.79 Å². The third kappa shape index (κ3) is 9.51. The number of benzene rings is 1. The van der Waals surface area contributed by atoms with E-state index in [0.717, 1.165) is 5.56 Å². The maximum absolute atomic E-state index is 13.0. The highest BCUT2D eigenvalue weighted by Gasteiger charge is 2.36. The van der Waals surface area contributed by atoms with Gasteiger partial charge in [-0.25, -0.2) is 9.59 Å². The van der Waals surface area contributed by atoms with E-state index in [2.05, 4.69) is 16.0 Å². The van der Waals surface area contributed by atoms with Crippen LogP contribution in [0.3, 0.4) is 0 Å². The maximum Gasteiger partial charge on any atom is 0.408 e. The molecule has 0 aromatic heterocycles. The van der Waals surface area contributed by atoms with E-state index < -0.39 is 41.5 Å². The molecule has 33 heavy (non-hydrogen) atoms. The molecule has 0 aliphatic carbocycles. The van der Waals surface area contributed by atoms with Gasteiger partial charge in [0.15, 0.2) is 0 Å². The number of carbonyl (C=O) groups excluding carboxylic acids is 3. The van der Waals surface area contributed by atoms with Gasteiger partial charge in [-0.2, -0.15) is 0 Å². The Bertz CT molecular complexity index is 810. The van der Waals surface area contributed by atoms with Crippen LogP contribution < -0.4 is 16.0 Å². The summed E-state index contributed by atoms with van der Waals surface area (Å²) in [6, 6.07) is 7.14. The van der Waals surface area contributed by atoms with Crippen molar-refractivity contribution in [2.45, 2.75) is 78.6 Å². The number of carbonyl (C=O) groups is 4. The number of ether oxygens (including phenoxy) is 1. The Morgan fingerprint density at radius 2 is 1.64 bits per heavy atom. The number of nitrogens with one attached hydrogen (secondary N) is 3. The highest BCUT2D eigenvalue weighted by Crippen LogP contribution is 2.13. The maximum atomic E-state index is 13.0. The lowest BCUT2D eigenvalue weighted by Gasteiger charge is -2.31. The fourth-order valence-corrected chi connectivity index (χ4v) is 3.07. The number of carboxylic acids is 1. The zero-order valence-electron chi connectivity index (χ0n) is 20.3. The summed E-state index contributed by atoms with van der Waals surface area (Å²) in [5.74, 6) is -2.50. The molecule has 1 aromatic carbocycles. The molecule has 0 heterocycles. The molecule has 0 spiro atoms. The molecule has 9 heteroatoms. The molecule has 0 aliphatic rings. The summed E-state index contributed by atoms with van der Waals surface area (Å²) in [6.07, 6.45) is 0.110. The van der Waals surface area contributed by atoms with Gasteiger partial charge >= 0.3 is 12.1 Å². The number of hydrogen-bond acceptors (Lipinski definition) is 5. The van der Waals surface area contributed by atoms with Crippen LogP contribution in [0.2, 0.25) is 0 Å². The van der Waals surface area contributed by atoms with Gasteiger partial charge in [0.25, 0.3) is 0 Å². The Morgan fingerprint density at radius 1 is 1.03 bits per heavy atom. The first-order chi connectivity index (χ1) is 15.4. The molecule has 0 fully saturated rings. The fourth-order valence-electron chi connectivity index (χ4n) is 3.07. The zero-order chi connectivity index (χ0) is 25.2. The first-order valence-corrected chi connectivity index (χ1v) is 11.2. The van der Waals surface area contributed by atoms with Crippen LogP contribution in [-0.2, 0) is 25.7 Å². The Morgan fingerprint density at radius 3 is 2.15 bits per heavy atom. The van der Waals surface area contributed by atoms with E-state index in [0.29, 0.717) is 6.42 Å². The van der Waals surface area contributed by atoms with Crippen molar-refractivity contribution in [3.05, 3.63) is 35.9 Å². The van der Waals surface area contributed by atoms with Crippen LogP contribution in [0.1, 0.15) is 59.9 Å². The molecule has 0 saturated carbocycles. The summed E-state index contributed by atoms with van der Waals surface area (Å²) in [4.78, 5) is 49.5. The van der Waals surface area contributed by atoms with Gasteiger partial charge in [0.1, 0.15) is 24.2 Å². The molecular weight excluding hydrogens is 426 g/mol. The lowest BCUT2D eigenvalue weighted by Crippen LogP contribution is -2.62. The molecule has 3 atom stereocenters. The van der Waals surface area contributed by atoms with Gasteiger partial charge < -0.3 is 25.8 Å². The predicted octanol–water partition coefficient (Wildman–Crippen LogP) is 2.84. The average molecular weight is 464 g/mol. The summed E-state index contributed by atoms with van der Waals surface area (Å²) >= 11 is 0.